The molecule has 0 fully saturated rings. The van der Waals surface area contributed by atoms with Crippen LogP contribution in [-0.4, -0.2) is 9.97 Å². The molecule has 0 spiro atoms. The zero-order valence-corrected chi connectivity index (χ0v) is 9.73. The van der Waals surface area contributed by atoms with Crippen molar-refractivity contribution in [2.24, 2.45) is 0 Å². The number of aromatic amines is 1. The Kier molecular flexibility index (Phi) is 3.23. The first-order chi connectivity index (χ1) is 8.22. The van der Waals surface area contributed by atoms with Gasteiger partial charge in [-0.3, -0.25) is 0 Å². The minimum Gasteiger partial charge on any atom is -0.383 e. The maximum Gasteiger partial charge on any atom is 0.347 e. The maximum absolute atomic E-state index is 11.3. The molecule has 88 valence electrons. The molecule has 0 radical (unpaired) electrons. The van der Waals surface area contributed by atoms with E-state index in [0.29, 0.717) is 5.82 Å². The molecule has 2 rings (SSSR count). The molecule has 17 heavy (non-hydrogen) atoms. The molecule has 4 nitrogen and oxygen atoms in total. The SMILES string of the molecule is CCCc1[nH]c(=O)nc(N)c1-c1ccccc1. The Labute approximate surface area is 99.5 Å². The van der Waals surface area contributed by atoms with E-state index in [9.17, 15) is 4.79 Å². The van der Waals surface area contributed by atoms with Crippen molar-refractivity contribution in [2.45, 2.75) is 19.8 Å². The van der Waals surface area contributed by atoms with Crippen LogP contribution in [0.5, 0.6) is 0 Å². The second-order valence-corrected chi connectivity index (χ2v) is 3.90. The van der Waals surface area contributed by atoms with Gasteiger partial charge < -0.3 is 10.7 Å². The normalized spacial score (nSPS) is 10.4. The number of rotatable bonds is 3. The summed E-state index contributed by atoms with van der Waals surface area (Å²) < 4.78 is 0. The minimum absolute atomic E-state index is 0.295. The number of nitrogen functional groups attached to an aromatic ring is 1. The average Bonchev–Trinajstić information content (AvgIpc) is 2.30. The van der Waals surface area contributed by atoms with Crippen molar-refractivity contribution in [3.8, 4) is 11.1 Å². The highest BCUT2D eigenvalue weighted by Gasteiger charge is 2.11. The molecule has 4 heteroatoms. The number of hydrogen-bond donors (Lipinski definition) is 2. The molecule has 1 aromatic carbocycles. The molecular formula is C13H15N3O. The Balaban J connectivity index is 2.63. The van der Waals surface area contributed by atoms with Crippen LogP contribution in [0.25, 0.3) is 11.1 Å². The van der Waals surface area contributed by atoms with Crippen LogP contribution in [0, 0.1) is 0 Å². The van der Waals surface area contributed by atoms with E-state index in [4.69, 9.17) is 5.73 Å². The van der Waals surface area contributed by atoms with Crippen molar-refractivity contribution in [2.75, 3.05) is 5.73 Å². The topological polar surface area (TPSA) is 71.8 Å². The second-order valence-electron chi connectivity index (χ2n) is 3.90. The quantitative estimate of drug-likeness (QED) is 0.845. The monoisotopic (exact) mass is 229 g/mol. The third-order valence-corrected chi connectivity index (χ3v) is 2.60. The van der Waals surface area contributed by atoms with Crippen molar-refractivity contribution in [3.63, 3.8) is 0 Å². The van der Waals surface area contributed by atoms with Gasteiger partial charge in [0.05, 0.1) is 0 Å². The second kappa shape index (κ2) is 4.82. The van der Waals surface area contributed by atoms with E-state index in [0.717, 1.165) is 29.7 Å². The van der Waals surface area contributed by atoms with Gasteiger partial charge in [0.1, 0.15) is 5.82 Å². The maximum atomic E-state index is 11.3. The zero-order chi connectivity index (χ0) is 12.3. The summed E-state index contributed by atoms with van der Waals surface area (Å²) >= 11 is 0. The first kappa shape index (κ1) is 11.4. The van der Waals surface area contributed by atoms with Gasteiger partial charge in [0.25, 0.3) is 0 Å². The predicted molar refractivity (Wildman–Crippen MR) is 68.7 cm³/mol. The molecule has 0 saturated heterocycles. The van der Waals surface area contributed by atoms with E-state index in [1.807, 2.05) is 30.3 Å². The van der Waals surface area contributed by atoms with Gasteiger partial charge in [-0.15, -0.1) is 0 Å². The van der Waals surface area contributed by atoms with Crippen molar-refractivity contribution in [1.82, 2.24) is 9.97 Å². The van der Waals surface area contributed by atoms with Crippen LogP contribution in [0.4, 0.5) is 5.82 Å². The lowest BCUT2D eigenvalue weighted by Gasteiger charge is -2.10. The lowest BCUT2D eigenvalue weighted by Crippen LogP contribution is -2.17. The highest BCUT2D eigenvalue weighted by molar-refractivity contribution is 5.75. The van der Waals surface area contributed by atoms with E-state index >= 15 is 0 Å². The molecule has 0 aliphatic heterocycles. The highest BCUT2D eigenvalue weighted by atomic mass is 16.1. The number of anilines is 1. The number of aromatic nitrogens is 2. The van der Waals surface area contributed by atoms with E-state index in [2.05, 4.69) is 16.9 Å². The molecule has 0 aliphatic rings. The summed E-state index contributed by atoms with van der Waals surface area (Å²) in [5.74, 6) is 0.295. The van der Waals surface area contributed by atoms with E-state index in [1.54, 1.807) is 0 Å². The minimum atomic E-state index is -0.384. The molecule has 1 aromatic heterocycles. The highest BCUT2D eigenvalue weighted by Crippen LogP contribution is 2.26. The Morgan fingerprint density at radius 2 is 2.00 bits per heavy atom. The summed E-state index contributed by atoms with van der Waals surface area (Å²) in [5, 5.41) is 0. The first-order valence-corrected chi connectivity index (χ1v) is 5.66. The smallest absolute Gasteiger partial charge is 0.347 e. The van der Waals surface area contributed by atoms with Gasteiger partial charge in [-0.2, -0.15) is 4.98 Å². The van der Waals surface area contributed by atoms with Crippen LogP contribution >= 0.6 is 0 Å². The zero-order valence-electron chi connectivity index (χ0n) is 9.73. The first-order valence-electron chi connectivity index (χ1n) is 5.66. The molecule has 2 aromatic rings. The van der Waals surface area contributed by atoms with Crippen LogP contribution in [0.15, 0.2) is 35.1 Å². The molecule has 0 atom stereocenters. The standard InChI is InChI=1S/C13H15N3O/c1-2-6-10-11(9-7-4-3-5-8-9)12(14)16-13(17)15-10/h3-5,7-8H,2,6H2,1H3,(H3,14,15,16,17). The molecule has 3 N–H and O–H groups in total. The van der Waals surface area contributed by atoms with Gasteiger partial charge in [0.15, 0.2) is 0 Å². The molecule has 0 aliphatic carbocycles. The van der Waals surface area contributed by atoms with Crippen molar-refractivity contribution < 1.29 is 0 Å². The number of H-pyrrole nitrogens is 1. The summed E-state index contributed by atoms with van der Waals surface area (Å²) in [6, 6.07) is 9.75. The summed E-state index contributed by atoms with van der Waals surface area (Å²) in [7, 11) is 0. The predicted octanol–water partition coefficient (Wildman–Crippen LogP) is 1.97. The van der Waals surface area contributed by atoms with Crippen LogP contribution in [-0.2, 0) is 6.42 Å². The van der Waals surface area contributed by atoms with Crippen LogP contribution in [0.1, 0.15) is 19.0 Å². The third-order valence-electron chi connectivity index (χ3n) is 2.60. The average molecular weight is 229 g/mol. The van der Waals surface area contributed by atoms with Crippen LogP contribution in [0.2, 0.25) is 0 Å². The number of nitrogens with two attached hydrogens (primary N) is 1. The number of benzene rings is 1. The molecule has 1 heterocycles. The fourth-order valence-corrected chi connectivity index (χ4v) is 1.90. The Morgan fingerprint density at radius 3 is 2.65 bits per heavy atom. The van der Waals surface area contributed by atoms with Gasteiger partial charge in [-0.05, 0) is 12.0 Å². The van der Waals surface area contributed by atoms with Gasteiger partial charge >= 0.3 is 5.69 Å². The lowest BCUT2D eigenvalue weighted by atomic mass is 10.0. The fraction of sp³-hybridized carbons (Fsp3) is 0.231. The molecule has 0 saturated carbocycles. The number of hydrogen-bond acceptors (Lipinski definition) is 3. The fourth-order valence-electron chi connectivity index (χ4n) is 1.90. The summed E-state index contributed by atoms with van der Waals surface area (Å²) in [4.78, 5) is 17.9. The van der Waals surface area contributed by atoms with Crippen molar-refractivity contribution >= 4 is 5.82 Å². The Hall–Kier alpha value is -2.10. The van der Waals surface area contributed by atoms with Crippen molar-refractivity contribution in [1.29, 1.82) is 0 Å². The molecule has 0 bridgehead atoms. The molecule has 0 amide bonds. The number of nitrogens with zero attached hydrogens (tertiary/aromatic N) is 1. The molecular weight excluding hydrogens is 214 g/mol. The van der Waals surface area contributed by atoms with Gasteiger partial charge in [0.2, 0.25) is 0 Å². The van der Waals surface area contributed by atoms with E-state index in [-0.39, 0.29) is 5.69 Å². The molecule has 0 unspecified atom stereocenters. The van der Waals surface area contributed by atoms with Gasteiger partial charge in [0, 0.05) is 11.3 Å². The van der Waals surface area contributed by atoms with E-state index < -0.39 is 0 Å². The lowest BCUT2D eigenvalue weighted by molar-refractivity contribution is 0.863. The Morgan fingerprint density at radius 1 is 1.29 bits per heavy atom. The van der Waals surface area contributed by atoms with Gasteiger partial charge in [-0.25, -0.2) is 4.79 Å². The number of aryl methyl sites for hydroxylation is 1. The summed E-state index contributed by atoms with van der Waals surface area (Å²) in [5.41, 5.74) is 8.15. The van der Waals surface area contributed by atoms with Crippen molar-refractivity contribution in [3.05, 3.63) is 46.5 Å². The largest absolute Gasteiger partial charge is 0.383 e. The van der Waals surface area contributed by atoms with Gasteiger partial charge in [-0.1, -0.05) is 43.7 Å². The van der Waals surface area contributed by atoms with Crippen LogP contribution in [0.3, 0.4) is 0 Å². The van der Waals surface area contributed by atoms with Crippen LogP contribution < -0.4 is 11.4 Å². The number of nitrogens with one attached hydrogen (secondary N) is 1. The van der Waals surface area contributed by atoms with E-state index in [1.165, 1.54) is 0 Å². The Bertz CT molecular complexity index is 561. The summed E-state index contributed by atoms with van der Waals surface area (Å²) in [6.45, 7) is 2.06. The summed E-state index contributed by atoms with van der Waals surface area (Å²) in [6.07, 6.45) is 1.73. The third kappa shape index (κ3) is 2.36.